The number of hydrogen-bond acceptors (Lipinski definition) is 4. The van der Waals surface area contributed by atoms with E-state index in [4.69, 9.17) is 18.9 Å². The monoisotopic (exact) mass is 500 g/mol. The van der Waals surface area contributed by atoms with Crippen molar-refractivity contribution in [1.82, 2.24) is 0 Å². The summed E-state index contributed by atoms with van der Waals surface area (Å²) in [6.07, 6.45) is 22.2. The van der Waals surface area contributed by atoms with Gasteiger partial charge in [0.25, 0.3) is 0 Å². The number of fused-ring (bicyclic) bond motifs is 5. The van der Waals surface area contributed by atoms with Crippen LogP contribution in [0.4, 0.5) is 0 Å². The van der Waals surface area contributed by atoms with Crippen LogP contribution in [0.1, 0.15) is 117 Å². The fraction of sp³-hybridized carbons (Fsp3) is 0.938. The van der Waals surface area contributed by atoms with Gasteiger partial charge in [-0.1, -0.05) is 32.4 Å². The van der Waals surface area contributed by atoms with E-state index in [0.717, 1.165) is 56.1 Å². The van der Waals surface area contributed by atoms with Crippen LogP contribution in [0.25, 0.3) is 0 Å². The molecule has 204 valence electrons. The lowest BCUT2D eigenvalue weighted by atomic mass is 9.46. The molecule has 0 aromatic carbocycles. The first-order valence-corrected chi connectivity index (χ1v) is 15.7. The van der Waals surface area contributed by atoms with Crippen molar-refractivity contribution >= 4 is 0 Å². The molecule has 2 saturated heterocycles. The molecule has 0 aromatic rings. The standard InChI is InChI=1S/C32H52O4/c1-22(2)21-32-17-14-24(35-29-8-4-6-18-33-29)20-23(32)10-11-25-26-12-13-28(31(26,3)16-15-27(25)32)36-30-9-5-7-19-34-30/h10,22,24-30H,4-9,11-21H2,1-3H3/t24-,25?,26?,27?,28-,29?,30?,31-,32+/m0/s1. The number of hydrogen-bond donors (Lipinski definition) is 0. The van der Waals surface area contributed by atoms with Gasteiger partial charge in [-0.05, 0) is 131 Å². The Hall–Kier alpha value is -0.420. The molecule has 0 bridgehead atoms. The molecule has 5 fully saturated rings. The number of allylic oxidation sites excluding steroid dienone is 1. The van der Waals surface area contributed by atoms with E-state index in [1.54, 1.807) is 5.57 Å². The minimum Gasteiger partial charge on any atom is -0.353 e. The highest BCUT2D eigenvalue weighted by Crippen LogP contribution is 2.67. The lowest BCUT2D eigenvalue weighted by Gasteiger charge is -2.59. The van der Waals surface area contributed by atoms with Crippen LogP contribution >= 0.6 is 0 Å². The smallest absolute Gasteiger partial charge is 0.157 e. The predicted octanol–water partition coefficient (Wildman–Crippen LogP) is 7.80. The fourth-order valence-corrected chi connectivity index (χ4v) is 9.86. The summed E-state index contributed by atoms with van der Waals surface area (Å²) in [5, 5.41) is 0. The first-order valence-electron chi connectivity index (χ1n) is 15.7. The quantitative estimate of drug-likeness (QED) is 0.349. The number of ether oxygens (including phenoxy) is 4. The van der Waals surface area contributed by atoms with Gasteiger partial charge in [-0.25, -0.2) is 0 Å². The van der Waals surface area contributed by atoms with Crippen molar-refractivity contribution < 1.29 is 18.9 Å². The van der Waals surface area contributed by atoms with Crippen LogP contribution in [0, 0.1) is 34.5 Å². The van der Waals surface area contributed by atoms with Gasteiger partial charge in [0.05, 0.1) is 12.2 Å². The van der Waals surface area contributed by atoms with Crippen molar-refractivity contribution in [2.45, 2.75) is 142 Å². The van der Waals surface area contributed by atoms with Gasteiger partial charge in [0.1, 0.15) is 0 Å². The lowest BCUT2D eigenvalue weighted by molar-refractivity contribution is -0.216. The van der Waals surface area contributed by atoms with Crippen LogP contribution in [-0.4, -0.2) is 38.0 Å². The van der Waals surface area contributed by atoms with E-state index in [0.29, 0.717) is 23.0 Å². The molecule has 4 aliphatic carbocycles. The Kier molecular flexibility index (Phi) is 7.63. The van der Waals surface area contributed by atoms with Crippen molar-refractivity contribution in [2.24, 2.45) is 34.5 Å². The molecule has 0 aromatic heterocycles. The minimum absolute atomic E-state index is 0.0391. The average Bonchev–Trinajstić information content (AvgIpc) is 3.21. The Labute approximate surface area is 220 Å². The molecule has 0 spiro atoms. The van der Waals surface area contributed by atoms with Gasteiger partial charge in [-0.15, -0.1) is 0 Å². The molecule has 0 radical (unpaired) electrons. The maximum atomic E-state index is 6.72. The summed E-state index contributed by atoms with van der Waals surface area (Å²) in [5.74, 6) is 3.21. The highest BCUT2D eigenvalue weighted by molar-refractivity contribution is 5.27. The van der Waals surface area contributed by atoms with Gasteiger partial charge < -0.3 is 18.9 Å². The van der Waals surface area contributed by atoms with Gasteiger partial charge in [-0.3, -0.25) is 0 Å². The van der Waals surface area contributed by atoms with Gasteiger partial charge in [-0.2, -0.15) is 0 Å². The Balaban J connectivity index is 1.19. The Morgan fingerprint density at radius 2 is 1.61 bits per heavy atom. The first kappa shape index (κ1) is 25.8. The summed E-state index contributed by atoms with van der Waals surface area (Å²) >= 11 is 0. The fourth-order valence-electron chi connectivity index (χ4n) is 9.86. The maximum absolute atomic E-state index is 6.72. The van der Waals surface area contributed by atoms with Crippen molar-refractivity contribution in [3.63, 3.8) is 0 Å². The summed E-state index contributed by atoms with van der Waals surface area (Å²) in [5.41, 5.74) is 2.48. The second-order valence-corrected chi connectivity index (χ2v) is 13.9. The van der Waals surface area contributed by atoms with E-state index in [9.17, 15) is 0 Å². The lowest BCUT2D eigenvalue weighted by Crippen LogP contribution is -2.53. The van der Waals surface area contributed by atoms with E-state index < -0.39 is 0 Å². The van der Waals surface area contributed by atoms with E-state index in [-0.39, 0.29) is 12.6 Å². The van der Waals surface area contributed by atoms with E-state index in [1.165, 1.54) is 77.0 Å². The summed E-state index contributed by atoms with van der Waals surface area (Å²) in [6.45, 7) is 9.23. The minimum atomic E-state index is 0.0391. The number of rotatable bonds is 6. The summed E-state index contributed by atoms with van der Waals surface area (Å²) in [7, 11) is 0. The molecular weight excluding hydrogens is 448 g/mol. The molecular formula is C32H52O4. The molecule has 2 heterocycles. The molecule has 9 atom stereocenters. The Bertz CT molecular complexity index is 781. The zero-order valence-electron chi connectivity index (χ0n) is 23.3. The zero-order chi connectivity index (χ0) is 24.8. The summed E-state index contributed by atoms with van der Waals surface area (Å²) < 4.78 is 25.2. The summed E-state index contributed by atoms with van der Waals surface area (Å²) in [4.78, 5) is 0. The first-order chi connectivity index (χ1) is 17.5. The van der Waals surface area contributed by atoms with Crippen molar-refractivity contribution in [3.8, 4) is 0 Å². The molecule has 36 heavy (non-hydrogen) atoms. The van der Waals surface area contributed by atoms with Crippen LogP contribution < -0.4 is 0 Å². The van der Waals surface area contributed by atoms with Gasteiger partial charge in [0.15, 0.2) is 12.6 Å². The second-order valence-electron chi connectivity index (χ2n) is 13.9. The van der Waals surface area contributed by atoms with Crippen molar-refractivity contribution in [1.29, 1.82) is 0 Å². The Morgan fingerprint density at radius 3 is 2.31 bits per heavy atom. The summed E-state index contributed by atoms with van der Waals surface area (Å²) in [6, 6.07) is 0. The molecule has 6 aliphatic rings. The SMILES string of the molecule is CC(C)C[C@]12CC[C@H](OC3CCCCO3)CC1=CCC1C2CC[C@@]2(C)C1CC[C@@H]2OC1CCCCO1. The predicted molar refractivity (Wildman–Crippen MR) is 142 cm³/mol. The molecule has 3 saturated carbocycles. The molecule has 0 amide bonds. The van der Waals surface area contributed by atoms with Gasteiger partial charge >= 0.3 is 0 Å². The van der Waals surface area contributed by atoms with E-state index in [2.05, 4.69) is 26.8 Å². The largest absolute Gasteiger partial charge is 0.353 e. The van der Waals surface area contributed by atoms with Crippen LogP contribution in [0.15, 0.2) is 11.6 Å². The van der Waals surface area contributed by atoms with Crippen LogP contribution in [0.2, 0.25) is 0 Å². The van der Waals surface area contributed by atoms with E-state index in [1.807, 2.05) is 0 Å². The third-order valence-corrected chi connectivity index (χ3v) is 11.4. The van der Waals surface area contributed by atoms with Crippen LogP contribution in [0.3, 0.4) is 0 Å². The topological polar surface area (TPSA) is 36.9 Å². The molecule has 6 rings (SSSR count). The van der Waals surface area contributed by atoms with Gasteiger partial charge in [0.2, 0.25) is 0 Å². The third-order valence-electron chi connectivity index (χ3n) is 11.4. The molecule has 0 N–H and O–H groups in total. The van der Waals surface area contributed by atoms with Crippen molar-refractivity contribution in [3.05, 3.63) is 11.6 Å². The van der Waals surface area contributed by atoms with Crippen LogP contribution in [-0.2, 0) is 18.9 Å². The molecule has 4 heteroatoms. The second kappa shape index (κ2) is 10.6. The van der Waals surface area contributed by atoms with E-state index >= 15 is 0 Å². The highest BCUT2D eigenvalue weighted by Gasteiger charge is 2.60. The third kappa shape index (κ3) is 4.75. The molecule has 5 unspecified atom stereocenters. The highest BCUT2D eigenvalue weighted by atomic mass is 16.7. The average molecular weight is 501 g/mol. The molecule has 4 nitrogen and oxygen atoms in total. The molecule has 2 aliphatic heterocycles. The Morgan fingerprint density at radius 1 is 0.861 bits per heavy atom. The van der Waals surface area contributed by atoms with Crippen molar-refractivity contribution in [2.75, 3.05) is 13.2 Å². The van der Waals surface area contributed by atoms with Gasteiger partial charge in [0, 0.05) is 13.2 Å². The maximum Gasteiger partial charge on any atom is 0.157 e. The zero-order valence-corrected chi connectivity index (χ0v) is 23.3. The normalized spacial score (nSPS) is 47.1. The van der Waals surface area contributed by atoms with Crippen LogP contribution in [0.5, 0.6) is 0 Å².